The molecule has 0 aromatic heterocycles. The molecule has 0 saturated heterocycles. The fraction of sp³-hybridized carbons (Fsp3) is 1.00. The molecule has 1 rings (SSSR count). The summed E-state index contributed by atoms with van der Waals surface area (Å²) < 4.78 is 0. The van der Waals surface area contributed by atoms with Crippen LogP contribution in [0.25, 0.3) is 0 Å². The van der Waals surface area contributed by atoms with Crippen LogP contribution in [0.5, 0.6) is 0 Å². The van der Waals surface area contributed by atoms with Gasteiger partial charge in [-0.2, -0.15) is 0 Å². The second kappa shape index (κ2) is 6.49. The summed E-state index contributed by atoms with van der Waals surface area (Å²) in [4.78, 5) is 2.62. The van der Waals surface area contributed by atoms with E-state index >= 15 is 0 Å². The van der Waals surface area contributed by atoms with E-state index in [2.05, 4.69) is 37.9 Å². The zero-order valence-corrected chi connectivity index (χ0v) is 10.9. The average Bonchev–Trinajstić information content (AvgIpc) is 3.05. The van der Waals surface area contributed by atoms with E-state index in [0.717, 1.165) is 12.5 Å². The highest BCUT2D eigenvalue weighted by Crippen LogP contribution is 2.30. The summed E-state index contributed by atoms with van der Waals surface area (Å²) in [5.41, 5.74) is 0. The Morgan fingerprint density at radius 1 is 1.27 bits per heavy atom. The van der Waals surface area contributed by atoms with Crippen molar-refractivity contribution in [1.29, 1.82) is 0 Å². The third-order valence-corrected chi connectivity index (χ3v) is 3.59. The van der Waals surface area contributed by atoms with Crippen molar-refractivity contribution in [1.82, 2.24) is 10.2 Å². The van der Waals surface area contributed by atoms with Gasteiger partial charge in [-0.25, -0.2) is 0 Å². The van der Waals surface area contributed by atoms with Crippen molar-refractivity contribution in [2.75, 3.05) is 19.6 Å². The first-order chi connectivity index (χ1) is 7.17. The summed E-state index contributed by atoms with van der Waals surface area (Å²) in [6, 6.07) is 1.34. The molecular weight excluding hydrogens is 184 g/mol. The summed E-state index contributed by atoms with van der Waals surface area (Å²) in [7, 11) is 0. The van der Waals surface area contributed by atoms with Crippen molar-refractivity contribution in [2.24, 2.45) is 5.92 Å². The third-order valence-electron chi connectivity index (χ3n) is 3.59. The van der Waals surface area contributed by atoms with E-state index in [9.17, 15) is 0 Å². The SMILES string of the molecule is CCC(C)NCC(C)N(CC)CC1CC1. The molecule has 0 bridgehead atoms. The first-order valence-electron chi connectivity index (χ1n) is 6.64. The van der Waals surface area contributed by atoms with Gasteiger partial charge in [0.15, 0.2) is 0 Å². The molecule has 2 atom stereocenters. The fourth-order valence-electron chi connectivity index (χ4n) is 1.90. The van der Waals surface area contributed by atoms with Crippen molar-refractivity contribution in [3.05, 3.63) is 0 Å². The van der Waals surface area contributed by atoms with Gasteiger partial charge in [0.2, 0.25) is 0 Å². The van der Waals surface area contributed by atoms with Gasteiger partial charge in [0.25, 0.3) is 0 Å². The molecule has 2 unspecified atom stereocenters. The minimum atomic E-state index is 0.659. The maximum atomic E-state index is 3.60. The Morgan fingerprint density at radius 2 is 1.93 bits per heavy atom. The van der Waals surface area contributed by atoms with Crippen LogP contribution >= 0.6 is 0 Å². The summed E-state index contributed by atoms with van der Waals surface area (Å²) in [5.74, 6) is 1.01. The van der Waals surface area contributed by atoms with Gasteiger partial charge >= 0.3 is 0 Å². The van der Waals surface area contributed by atoms with E-state index in [1.54, 1.807) is 0 Å². The van der Waals surface area contributed by atoms with Gasteiger partial charge in [0, 0.05) is 25.2 Å². The molecule has 1 N–H and O–H groups in total. The van der Waals surface area contributed by atoms with Gasteiger partial charge in [-0.15, -0.1) is 0 Å². The molecule has 15 heavy (non-hydrogen) atoms. The Balaban J connectivity index is 2.19. The molecule has 0 heterocycles. The zero-order valence-electron chi connectivity index (χ0n) is 10.9. The van der Waals surface area contributed by atoms with Gasteiger partial charge in [-0.3, -0.25) is 4.90 Å². The molecule has 0 aliphatic heterocycles. The Labute approximate surface area is 95.4 Å². The van der Waals surface area contributed by atoms with Crippen molar-refractivity contribution < 1.29 is 0 Å². The Hall–Kier alpha value is -0.0800. The Morgan fingerprint density at radius 3 is 2.40 bits per heavy atom. The quantitative estimate of drug-likeness (QED) is 0.665. The topological polar surface area (TPSA) is 15.3 Å². The first-order valence-corrected chi connectivity index (χ1v) is 6.64. The summed E-state index contributed by atoms with van der Waals surface area (Å²) in [5, 5.41) is 3.60. The molecular formula is C13H28N2. The summed E-state index contributed by atoms with van der Waals surface area (Å²) >= 11 is 0. The predicted octanol–water partition coefficient (Wildman–Crippen LogP) is 2.49. The number of hydrogen-bond acceptors (Lipinski definition) is 2. The second-order valence-electron chi connectivity index (χ2n) is 5.10. The highest BCUT2D eigenvalue weighted by Gasteiger charge is 2.25. The smallest absolute Gasteiger partial charge is 0.0192 e. The maximum Gasteiger partial charge on any atom is 0.0192 e. The molecule has 90 valence electrons. The number of likely N-dealkylation sites (N-methyl/N-ethyl adjacent to an activating group) is 1. The lowest BCUT2D eigenvalue weighted by molar-refractivity contribution is 0.202. The highest BCUT2D eigenvalue weighted by atomic mass is 15.2. The third kappa shape index (κ3) is 4.98. The van der Waals surface area contributed by atoms with Crippen LogP contribution in [-0.4, -0.2) is 36.6 Å². The average molecular weight is 212 g/mol. The van der Waals surface area contributed by atoms with Gasteiger partial charge in [0.05, 0.1) is 0 Å². The van der Waals surface area contributed by atoms with Crippen molar-refractivity contribution in [3.8, 4) is 0 Å². The molecule has 1 fully saturated rings. The normalized spacial score (nSPS) is 20.6. The van der Waals surface area contributed by atoms with E-state index in [1.165, 1.54) is 32.4 Å². The predicted molar refractivity (Wildman–Crippen MR) is 67.2 cm³/mol. The molecule has 1 aliphatic carbocycles. The molecule has 0 amide bonds. The second-order valence-corrected chi connectivity index (χ2v) is 5.10. The number of hydrogen-bond donors (Lipinski definition) is 1. The van der Waals surface area contributed by atoms with E-state index in [1.807, 2.05) is 0 Å². The van der Waals surface area contributed by atoms with Crippen molar-refractivity contribution >= 4 is 0 Å². The lowest BCUT2D eigenvalue weighted by Crippen LogP contribution is -2.43. The van der Waals surface area contributed by atoms with Crippen LogP contribution < -0.4 is 5.32 Å². The molecule has 1 aliphatic rings. The summed E-state index contributed by atoms with van der Waals surface area (Å²) in [6.07, 6.45) is 4.14. The van der Waals surface area contributed by atoms with E-state index < -0.39 is 0 Å². The zero-order chi connectivity index (χ0) is 11.3. The standard InChI is InChI=1S/C13H28N2/c1-5-11(3)14-9-12(4)15(6-2)10-13-7-8-13/h11-14H,5-10H2,1-4H3. The summed E-state index contributed by atoms with van der Waals surface area (Å²) in [6.45, 7) is 12.8. The van der Waals surface area contributed by atoms with Gasteiger partial charge in [-0.05, 0) is 45.6 Å². The molecule has 2 heteroatoms. The molecule has 0 radical (unpaired) electrons. The van der Waals surface area contributed by atoms with Crippen LogP contribution in [0.1, 0.15) is 47.0 Å². The van der Waals surface area contributed by atoms with Gasteiger partial charge in [0.1, 0.15) is 0 Å². The molecule has 2 nitrogen and oxygen atoms in total. The molecule has 0 spiro atoms. The fourth-order valence-corrected chi connectivity index (χ4v) is 1.90. The molecule has 1 saturated carbocycles. The number of nitrogens with one attached hydrogen (secondary N) is 1. The molecule has 0 aromatic carbocycles. The minimum absolute atomic E-state index is 0.659. The lowest BCUT2D eigenvalue weighted by atomic mass is 10.2. The van der Waals surface area contributed by atoms with Crippen LogP contribution in [0, 0.1) is 5.92 Å². The van der Waals surface area contributed by atoms with Crippen LogP contribution in [0.15, 0.2) is 0 Å². The van der Waals surface area contributed by atoms with Crippen molar-refractivity contribution in [3.63, 3.8) is 0 Å². The highest BCUT2D eigenvalue weighted by molar-refractivity contribution is 4.80. The minimum Gasteiger partial charge on any atom is -0.313 e. The molecule has 0 aromatic rings. The van der Waals surface area contributed by atoms with Crippen molar-refractivity contribution in [2.45, 2.75) is 59.0 Å². The van der Waals surface area contributed by atoms with Crippen LogP contribution in [0.4, 0.5) is 0 Å². The van der Waals surface area contributed by atoms with Crippen LogP contribution in [-0.2, 0) is 0 Å². The van der Waals surface area contributed by atoms with Crippen LogP contribution in [0.3, 0.4) is 0 Å². The van der Waals surface area contributed by atoms with Gasteiger partial charge < -0.3 is 5.32 Å². The lowest BCUT2D eigenvalue weighted by Gasteiger charge is -2.29. The van der Waals surface area contributed by atoms with E-state index in [4.69, 9.17) is 0 Å². The van der Waals surface area contributed by atoms with Crippen LogP contribution in [0.2, 0.25) is 0 Å². The first kappa shape index (κ1) is 13.0. The number of rotatable bonds is 8. The van der Waals surface area contributed by atoms with E-state index in [-0.39, 0.29) is 0 Å². The maximum absolute atomic E-state index is 3.60. The Kier molecular flexibility index (Phi) is 5.62. The van der Waals surface area contributed by atoms with E-state index in [0.29, 0.717) is 12.1 Å². The monoisotopic (exact) mass is 212 g/mol. The largest absolute Gasteiger partial charge is 0.313 e. The Bertz CT molecular complexity index is 166. The number of nitrogens with zero attached hydrogens (tertiary/aromatic N) is 1. The van der Waals surface area contributed by atoms with Gasteiger partial charge in [-0.1, -0.05) is 13.8 Å².